The first-order chi connectivity index (χ1) is 16.5. The normalized spacial score (nSPS) is 12.4. The molecule has 1 nitrogen and oxygen atoms in total. The van der Waals surface area contributed by atoms with Gasteiger partial charge in [-0.3, -0.25) is 4.79 Å². The van der Waals surface area contributed by atoms with Crippen molar-refractivity contribution < 1.29 is 0 Å². The van der Waals surface area contributed by atoms with E-state index in [0.29, 0.717) is 0 Å². The van der Waals surface area contributed by atoms with E-state index in [1.54, 1.807) is 11.3 Å². The van der Waals surface area contributed by atoms with Crippen molar-refractivity contribution in [2.75, 3.05) is 0 Å². The van der Waals surface area contributed by atoms with E-state index in [1.165, 1.54) is 11.1 Å². The van der Waals surface area contributed by atoms with E-state index in [2.05, 4.69) is 108 Å². The van der Waals surface area contributed by atoms with Gasteiger partial charge in [0, 0.05) is 20.2 Å². The highest BCUT2D eigenvalue weighted by Gasteiger charge is 2.18. The minimum absolute atomic E-state index is 0.0889. The van der Waals surface area contributed by atoms with E-state index < -0.39 is 0 Å². The molecule has 1 heterocycles. The molecule has 0 aliphatic rings. The zero-order valence-electron chi connectivity index (χ0n) is 21.4. The molecule has 0 radical (unpaired) electrons. The van der Waals surface area contributed by atoms with E-state index in [-0.39, 0.29) is 16.3 Å². The minimum Gasteiger partial charge on any atom is -0.288 e. The zero-order valence-corrected chi connectivity index (χ0v) is 22.2. The molecule has 0 fully saturated rings. The van der Waals surface area contributed by atoms with Crippen LogP contribution in [0.15, 0.2) is 89.7 Å². The molecule has 0 aliphatic heterocycles. The van der Waals surface area contributed by atoms with Crippen LogP contribution in [0, 0.1) is 0 Å². The van der Waals surface area contributed by atoms with Crippen molar-refractivity contribution in [2.24, 2.45) is 0 Å². The fraction of sp³-hybridized carbons (Fsp3) is 0.242. The lowest BCUT2D eigenvalue weighted by Gasteiger charge is -2.20. The first kappa shape index (κ1) is 23.5. The van der Waals surface area contributed by atoms with E-state index in [9.17, 15) is 4.79 Å². The Hall–Kier alpha value is -3.23. The summed E-state index contributed by atoms with van der Waals surface area (Å²) in [6.07, 6.45) is 0. The van der Waals surface area contributed by atoms with Crippen molar-refractivity contribution in [1.29, 1.82) is 0 Å². The van der Waals surface area contributed by atoms with Crippen LogP contribution in [0.3, 0.4) is 0 Å². The van der Waals surface area contributed by atoms with Crippen LogP contribution in [0.4, 0.5) is 0 Å². The smallest absolute Gasteiger partial charge is 0.196 e. The fourth-order valence-electron chi connectivity index (χ4n) is 4.67. The third-order valence-corrected chi connectivity index (χ3v) is 8.06. The Kier molecular flexibility index (Phi) is 5.68. The molecule has 0 atom stereocenters. The van der Waals surface area contributed by atoms with Gasteiger partial charge in [0.05, 0.1) is 0 Å². The van der Waals surface area contributed by atoms with Gasteiger partial charge in [0.15, 0.2) is 5.43 Å². The van der Waals surface area contributed by atoms with Gasteiger partial charge < -0.3 is 0 Å². The van der Waals surface area contributed by atoms with E-state index in [1.807, 2.05) is 18.2 Å². The summed E-state index contributed by atoms with van der Waals surface area (Å²) in [6.45, 7) is 13.4. The first-order valence-electron chi connectivity index (χ1n) is 12.2. The largest absolute Gasteiger partial charge is 0.288 e. The molecule has 0 spiro atoms. The van der Waals surface area contributed by atoms with Gasteiger partial charge in [0.1, 0.15) is 0 Å². The molecule has 1 aromatic heterocycles. The van der Waals surface area contributed by atoms with Gasteiger partial charge in [0.25, 0.3) is 0 Å². The SMILES string of the molecule is CC(C)(C)c1ccc(-c2ccc(-c3ccc(C(C)(C)C)cc3)c3c(=O)c4ccccc4sc23)cc1. The van der Waals surface area contributed by atoms with Gasteiger partial charge in [-0.2, -0.15) is 0 Å². The van der Waals surface area contributed by atoms with E-state index >= 15 is 0 Å². The molecular weight excluding hydrogens is 444 g/mol. The summed E-state index contributed by atoms with van der Waals surface area (Å²) >= 11 is 1.71. The van der Waals surface area contributed by atoms with Crippen LogP contribution in [0.5, 0.6) is 0 Å². The van der Waals surface area contributed by atoms with Crippen LogP contribution in [0.25, 0.3) is 42.4 Å². The Morgan fingerprint density at radius 1 is 0.571 bits per heavy atom. The van der Waals surface area contributed by atoms with Crippen LogP contribution in [0.2, 0.25) is 0 Å². The number of rotatable bonds is 2. The summed E-state index contributed by atoms with van der Waals surface area (Å²) in [4.78, 5) is 13.9. The summed E-state index contributed by atoms with van der Waals surface area (Å²) in [5, 5.41) is 1.60. The van der Waals surface area contributed by atoms with Gasteiger partial charge in [-0.1, -0.05) is 114 Å². The van der Waals surface area contributed by atoms with E-state index in [0.717, 1.165) is 42.4 Å². The van der Waals surface area contributed by atoms with Crippen molar-refractivity contribution in [1.82, 2.24) is 0 Å². The molecule has 2 heteroatoms. The highest BCUT2D eigenvalue weighted by molar-refractivity contribution is 7.25. The number of hydrogen-bond acceptors (Lipinski definition) is 2. The summed E-state index contributed by atoms with van der Waals surface area (Å²) in [7, 11) is 0. The average molecular weight is 477 g/mol. The highest BCUT2D eigenvalue weighted by atomic mass is 32.1. The van der Waals surface area contributed by atoms with Gasteiger partial charge in [-0.15, -0.1) is 11.3 Å². The van der Waals surface area contributed by atoms with Crippen LogP contribution < -0.4 is 5.43 Å². The van der Waals surface area contributed by atoms with E-state index in [4.69, 9.17) is 0 Å². The predicted molar refractivity (Wildman–Crippen MR) is 154 cm³/mol. The molecular formula is C33H32OS. The summed E-state index contributed by atoms with van der Waals surface area (Å²) in [5.74, 6) is 0. The second kappa shape index (κ2) is 8.46. The van der Waals surface area contributed by atoms with Gasteiger partial charge in [0.2, 0.25) is 0 Å². The Morgan fingerprint density at radius 2 is 1.06 bits per heavy atom. The maximum atomic E-state index is 13.9. The molecule has 4 aromatic carbocycles. The number of benzene rings is 4. The topological polar surface area (TPSA) is 17.1 Å². The quantitative estimate of drug-likeness (QED) is 0.232. The molecule has 35 heavy (non-hydrogen) atoms. The molecule has 0 unspecified atom stereocenters. The molecule has 0 bridgehead atoms. The fourth-order valence-corrected chi connectivity index (χ4v) is 5.91. The molecule has 5 aromatic rings. The van der Waals surface area contributed by atoms with Gasteiger partial charge in [-0.25, -0.2) is 0 Å². The number of fused-ring (bicyclic) bond motifs is 2. The summed E-state index contributed by atoms with van der Waals surface area (Å²) in [5.41, 5.74) is 7.23. The molecule has 0 saturated heterocycles. The third kappa shape index (κ3) is 4.32. The molecule has 0 aliphatic carbocycles. The predicted octanol–water partition coefficient (Wildman–Crippen LogP) is 9.34. The highest BCUT2D eigenvalue weighted by Crippen LogP contribution is 2.39. The molecule has 0 amide bonds. The first-order valence-corrected chi connectivity index (χ1v) is 13.1. The molecule has 0 N–H and O–H groups in total. The van der Waals surface area contributed by atoms with Crippen molar-refractivity contribution in [2.45, 2.75) is 52.4 Å². The van der Waals surface area contributed by atoms with Crippen LogP contribution >= 0.6 is 11.3 Å². The van der Waals surface area contributed by atoms with Crippen LogP contribution in [-0.4, -0.2) is 0 Å². The monoisotopic (exact) mass is 476 g/mol. The van der Waals surface area contributed by atoms with Gasteiger partial charge in [-0.05, 0) is 56.3 Å². The van der Waals surface area contributed by atoms with Gasteiger partial charge >= 0.3 is 0 Å². The molecule has 176 valence electrons. The lowest BCUT2D eigenvalue weighted by molar-refractivity contribution is 0.590. The van der Waals surface area contributed by atoms with Crippen LogP contribution in [-0.2, 0) is 10.8 Å². The Bertz CT molecular complexity index is 1590. The van der Waals surface area contributed by atoms with Crippen LogP contribution in [0.1, 0.15) is 52.7 Å². The van der Waals surface area contributed by atoms with Crippen molar-refractivity contribution in [3.05, 3.63) is 106 Å². The second-order valence-electron chi connectivity index (χ2n) is 11.4. The lowest BCUT2D eigenvalue weighted by atomic mass is 9.85. The van der Waals surface area contributed by atoms with Crippen molar-refractivity contribution >= 4 is 31.5 Å². The number of hydrogen-bond donors (Lipinski definition) is 0. The minimum atomic E-state index is 0.0889. The average Bonchev–Trinajstić information content (AvgIpc) is 2.83. The summed E-state index contributed by atoms with van der Waals surface area (Å²) in [6, 6.07) is 29.8. The molecule has 0 saturated carbocycles. The van der Waals surface area contributed by atoms with Crippen molar-refractivity contribution in [3.63, 3.8) is 0 Å². The zero-order chi connectivity index (χ0) is 25.0. The maximum absolute atomic E-state index is 13.9. The third-order valence-electron chi connectivity index (χ3n) is 6.85. The second-order valence-corrected chi connectivity index (χ2v) is 12.5. The van der Waals surface area contributed by atoms with Crippen molar-refractivity contribution in [3.8, 4) is 22.3 Å². The Balaban J connectivity index is 1.78. The maximum Gasteiger partial charge on any atom is 0.196 e. The standard InChI is InChI=1S/C33H32OS/c1-32(2,3)23-15-11-21(12-16-23)25-19-20-26(22-13-17-24(18-14-22)33(4,5)6)31-29(25)30(34)27-9-7-8-10-28(27)35-31/h7-20H,1-6H3. The lowest BCUT2D eigenvalue weighted by Crippen LogP contribution is -2.10. The molecule has 5 rings (SSSR count). The Labute approximate surface area is 212 Å². The summed E-state index contributed by atoms with van der Waals surface area (Å²) < 4.78 is 2.08. The Morgan fingerprint density at radius 3 is 1.60 bits per heavy atom.